The van der Waals surface area contributed by atoms with Crippen LogP contribution in [0.3, 0.4) is 0 Å². The Bertz CT molecular complexity index is 570. The van der Waals surface area contributed by atoms with E-state index in [0.717, 1.165) is 28.2 Å². The van der Waals surface area contributed by atoms with Crippen LogP contribution in [0.25, 0.3) is 10.8 Å². The molecule has 94 valence electrons. The van der Waals surface area contributed by atoms with Gasteiger partial charge in [-0.05, 0) is 44.4 Å². The number of piperidine rings is 1. The largest absolute Gasteiger partial charge is 0.352 e. The van der Waals surface area contributed by atoms with E-state index in [9.17, 15) is 0 Å². The van der Waals surface area contributed by atoms with Crippen LogP contribution in [0, 0.1) is 0 Å². The van der Waals surface area contributed by atoms with Gasteiger partial charge in [-0.2, -0.15) is 5.10 Å². The van der Waals surface area contributed by atoms with Crippen molar-refractivity contribution in [2.75, 3.05) is 11.4 Å². The molecule has 0 aliphatic carbocycles. The maximum absolute atomic E-state index is 6.02. The van der Waals surface area contributed by atoms with Crippen molar-refractivity contribution in [3.63, 3.8) is 0 Å². The van der Waals surface area contributed by atoms with Crippen molar-refractivity contribution in [1.29, 1.82) is 0 Å². The van der Waals surface area contributed by atoms with Crippen LogP contribution in [-0.4, -0.2) is 22.8 Å². The predicted molar refractivity (Wildman–Crippen MR) is 75.2 cm³/mol. The van der Waals surface area contributed by atoms with E-state index in [4.69, 9.17) is 11.6 Å². The van der Waals surface area contributed by atoms with E-state index in [0.29, 0.717) is 6.04 Å². The van der Waals surface area contributed by atoms with Gasteiger partial charge in [0.05, 0.1) is 6.20 Å². The summed E-state index contributed by atoms with van der Waals surface area (Å²) in [6.45, 7) is 3.33. The number of halogens is 1. The summed E-state index contributed by atoms with van der Waals surface area (Å²) in [6.07, 6.45) is 5.54. The Balaban J connectivity index is 2.10. The molecule has 0 bridgehead atoms. The van der Waals surface area contributed by atoms with Crippen molar-refractivity contribution in [2.24, 2.45) is 0 Å². The van der Waals surface area contributed by atoms with Crippen LogP contribution in [0.4, 0.5) is 5.82 Å². The van der Waals surface area contributed by atoms with E-state index in [1.54, 1.807) is 6.20 Å². The van der Waals surface area contributed by atoms with Gasteiger partial charge in [0.15, 0.2) is 5.82 Å². The molecular weight excluding hydrogens is 246 g/mol. The highest BCUT2D eigenvalue weighted by molar-refractivity contribution is 6.31. The first kappa shape index (κ1) is 11.7. The van der Waals surface area contributed by atoms with Gasteiger partial charge in [0.2, 0.25) is 0 Å². The smallest absolute Gasteiger partial charge is 0.159 e. The zero-order valence-electron chi connectivity index (χ0n) is 10.4. The molecule has 1 aromatic heterocycles. The highest BCUT2D eigenvalue weighted by atomic mass is 35.5. The Kier molecular flexibility index (Phi) is 3.08. The monoisotopic (exact) mass is 261 g/mol. The van der Waals surface area contributed by atoms with Crippen molar-refractivity contribution in [1.82, 2.24) is 10.2 Å². The van der Waals surface area contributed by atoms with Crippen LogP contribution in [-0.2, 0) is 0 Å². The van der Waals surface area contributed by atoms with Crippen LogP contribution < -0.4 is 4.90 Å². The van der Waals surface area contributed by atoms with Crippen LogP contribution in [0.2, 0.25) is 5.02 Å². The van der Waals surface area contributed by atoms with E-state index in [1.807, 2.05) is 18.2 Å². The summed E-state index contributed by atoms with van der Waals surface area (Å²) in [6, 6.07) is 6.45. The Morgan fingerprint density at radius 3 is 3.06 bits per heavy atom. The predicted octanol–water partition coefficient (Wildman–Crippen LogP) is 3.66. The van der Waals surface area contributed by atoms with E-state index in [2.05, 4.69) is 22.0 Å². The number of anilines is 1. The quantitative estimate of drug-likeness (QED) is 0.784. The lowest BCUT2D eigenvalue weighted by Gasteiger charge is -2.34. The lowest BCUT2D eigenvalue weighted by Crippen LogP contribution is -2.38. The van der Waals surface area contributed by atoms with Crippen molar-refractivity contribution in [2.45, 2.75) is 32.2 Å². The van der Waals surface area contributed by atoms with E-state index in [-0.39, 0.29) is 0 Å². The third-order valence-electron chi connectivity index (χ3n) is 3.68. The number of rotatable bonds is 1. The molecule has 2 heterocycles. The lowest BCUT2D eigenvalue weighted by atomic mass is 10.0. The third kappa shape index (κ3) is 2.03. The number of fused-ring (bicyclic) bond motifs is 1. The fourth-order valence-corrected chi connectivity index (χ4v) is 2.85. The van der Waals surface area contributed by atoms with Gasteiger partial charge >= 0.3 is 0 Å². The van der Waals surface area contributed by atoms with Gasteiger partial charge < -0.3 is 4.90 Å². The molecule has 1 aliphatic rings. The molecule has 1 saturated heterocycles. The molecule has 0 radical (unpaired) electrons. The molecule has 0 saturated carbocycles. The molecule has 1 atom stereocenters. The van der Waals surface area contributed by atoms with Gasteiger partial charge in [-0.25, -0.2) is 0 Å². The zero-order valence-corrected chi connectivity index (χ0v) is 11.2. The summed E-state index contributed by atoms with van der Waals surface area (Å²) >= 11 is 6.02. The summed E-state index contributed by atoms with van der Waals surface area (Å²) in [5.74, 6) is 0.997. The molecule has 1 fully saturated rings. The molecule has 2 aromatic rings. The van der Waals surface area contributed by atoms with E-state index in [1.165, 1.54) is 19.3 Å². The van der Waals surface area contributed by atoms with Gasteiger partial charge in [0, 0.05) is 28.4 Å². The van der Waals surface area contributed by atoms with Gasteiger partial charge in [0.25, 0.3) is 0 Å². The Morgan fingerprint density at radius 1 is 1.33 bits per heavy atom. The minimum absolute atomic E-state index is 0.536. The fourth-order valence-electron chi connectivity index (χ4n) is 2.67. The second-order valence-electron chi connectivity index (χ2n) is 4.94. The maximum atomic E-state index is 6.02. The van der Waals surface area contributed by atoms with E-state index >= 15 is 0 Å². The lowest BCUT2D eigenvalue weighted by molar-refractivity contribution is 0.481. The van der Waals surface area contributed by atoms with Crippen LogP contribution in [0.15, 0.2) is 24.4 Å². The molecule has 0 N–H and O–H groups in total. The molecule has 1 aromatic carbocycles. The molecule has 3 rings (SSSR count). The molecule has 1 unspecified atom stereocenters. The first-order valence-corrected chi connectivity index (χ1v) is 6.81. The summed E-state index contributed by atoms with van der Waals surface area (Å²) in [7, 11) is 0. The molecule has 4 heteroatoms. The molecule has 0 amide bonds. The van der Waals surface area contributed by atoms with Crippen molar-refractivity contribution >= 4 is 28.2 Å². The summed E-state index contributed by atoms with van der Waals surface area (Å²) in [5, 5.41) is 11.4. The first-order valence-electron chi connectivity index (χ1n) is 6.43. The Morgan fingerprint density at radius 2 is 2.22 bits per heavy atom. The van der Waals surface area contributed by atoms with Crippen LogP contribution >= 0.6 is 11.6 Å². The molecule has 3 nitrogen and oxygen atoms in total. The molecule has 1 aliphatic heterocycles. The van der Waals surface area contributed by atoms with Crippen LogP contribution in [0.5, 0.6) is 0 Å². The topological polar surface area (TPSA) is 29.0 Å². The summed E-state index contributed by atoms with van der Waals surface area (Å²) in [5.41, 5.74) is 0. The van der Waals surface area contributed by atoms with Crippen molar-refractivity contribution in [3.8, 4) is 0 Å². The summed E-state index contributed by atoms with van der Waals surface area (Å²) < 4.78 is 0. The van der Waals surface area contributed by atoms with Gasteiger partial charge in [-0.3, -0.25) is 0 Å². The minimum Gasteiger partial charge on any atom is -0.352 e. The second kappa shape index (κ2) is 4.73. The number of hydrogen-bond acceptors (Lipinski definition) is 3. The van der Waals surface area contributed by atoms with Crippen LogP contribution in [0.1, 0.15) is 26.2 Å². The average Bonchev–Trinajstić information content (AvgIpc) is 2.38. The minimum atomic E-state index is 0.536. The Hall–Kier alpha value is -1.35. The molecular formula is C14H16ClN3. The fraction of sp³-hybridized carbons (Fsp3) is 0.429. The highest BCUT2D eigenvalue weighted by Gasteiger charge is 2.21. The Labute approximate surface area is 112 Å². The van der Waals surface area contributed by atoms with Gasteiger partial charge in [-0.1, -0.05) is 11.6 Å². The van der Waals surface area contributed by atoms with Gasteiger partial charge in [-0.15, -0.1) is 5.10 Å². The van der Waals surface area contributed by atoms with E-state index < -0.39 is 0 Å². The maximum Gasteiger partial charge on any atom is 0.159 e. The second-order valence-corrected chi connectivity index (χ2v) is 5.37. The normalized spacial score (nSPS) is 20.3. The van der Waals surface area contributed by atoms with Crippen molar-refractivity contribution in [3.05, 3.63) is 29.4 Å². The van der Waals surface area contributed by atoms with Gasteiger partial charge in [0.1, 0.15) is 0 Å². The number of hydrogen-bond donors (Lipinski definition) is 0. The number of nitrogens with zero attached hydrogens (tertiary/aromatic N) is 3. The highest BCUT2D eigenvalue weighted by Crippen LogP contribution is 2.30. The molecule has 18 heavy (non-hydrogen) atoms. The number of benzene rings is 1. The van der Waals surface area contributed by atoms with Crippen molar-refractivity contribution < 1.29 is 0 Å². The third-order valence-corrected chi connectivity index (χ3v) is 3.91. The zero-order chi connectivity index (χ0) is 12.5. The number of aromatic nitrogens is 2. The summed E-state index contributed by atoms with van der Waals surface area (Å²) in [4.78, 5) is 2.37. The SMILES string of the molecule is CC1CCCCN1c1nncc2cc(Cl)ccc12. The standard InChI is InChI=1S/C14H16ClN3/c1-10-4-2-3-7-18(10)14-13-6-5-12(15)8-11(13)9-16-17-14/h5-6,8-10H,2-4,7H2,1H3. The molecule has 0 spiro atoms. The average molecular weight is 262 g/mol. The first-order chi connectivity index (χ1) is 8.75.